The highest BCUT2D eigenvalue weighted by Gasteiger charge is 2.26. The van der Waals surface area contributed by atoms with Gasteiger partial charge in [-0.25, -0.2) is 10.8 Å². The molecule has 2 unspecified atom stereocenters. The van der Waals surface area contributed by atoms with Crippen molar-refractivity contribution in [1.82, 2.24) is 9.88 Å². The number of nitrogens with one attached hydrogen (secondary N) is 1. The van der Waals surface area contributed by atoms with Gasteiger partial charge in [-0.1, -0.05) is 13.8 Å². The molecule has 1 aromatic heterocycles. The molecule has 2 atom stereocenters. The standard InChI is InChI=1S/C13H20N4O/c1-9-5-10(2)8-17(7-9)13(18)11-3-4-12(16-14)15-6-11/h3-4,6,9-10H,5,7-8,14H2,1-2H3,(H,15,16). The predicted molar refractivity (Wildman–Crippen MR) is 70.9 cm³/mol. The second-order valence-electron chi connectivity index (χ2n) is 5.23. The fraction of sp³-hybridized carbons (Fsp3) is 0.538. The van der Waals surface area contributed by atoms with E-state index in [1.165, 1.54) is 6.42 Å². The van der Waals surface area contributed by atoms with E-state index in [1.807, 2.05) is 4.90 Å². The first-order valence-electron chi connectivity index (χ1n) is 6.32. The second-order valence-corrected chi connectivity index (χ2v) is 5.23. The lowest BCUT2D eigenvalue weighted by atomic mass is 9.91. The van der Waals surface area contributed by atoms with Gasteiger partial charge in [0.2, 0.25) is 0 Å². The van der Waals surface area contributed by atoms with Crippen LogP contribution >= 0.6 is 0 Å². The van der Waals surface area contributed by atoms with Gasteiger partial charge < -0.3 is 10.3 Å². The molecule has 3 N–H and O–H groups in total. The number of likely N-dealkylation sites (tertiary alicyclic amines) is 1. The zero-order valence-electron chi connectivity index (χ0n) is 10.9. The van der Waals surface area contributed by atoms with Crippen LogP contribution < -0.4 is 11.3 Å². The van der Waals surface area contributed by atoms with E-state index in [0.29, 0.717) is 23.2 Å². The van der Waals surface area contributed by atoms with Gasteiger partial charge in [-0.3, -0.25) is 4.79 Å². The summed E-state index contributed by atoms with van der Waals surface area (Å²) in [5.41, 5.74) is 3.07. The van der Waals surface area contributed by atoms with Crippen molar-refractivity contribution in [2.24, 2.45) is 17.7 Å². The van der Waals surface area contributed by atoms with Crippen LogP contribution in [0.15, 0.2) is 18.3 Å². The highest BCUT2D eigenvalue weighted by Crippen LogP contribution is 2.22. The van der Waals surface area contributed by atoms with Gasteiger partial charge >= 0.3 is 0 Å². The molecule has 1 fully saturated rings. The van der Waals surface area contributed by atoms with Gasteiger partial charge in [0, 0.05) is 19.3 Å². The number of pyridine rings is 1. The quantitative estimate of drug-likeness (QED) is 0.614. The van der Waals surface area contributed by atoms with Gasteiger partial charge in [0.1, 0.15) is 5.82 Å². The number of carbonyl (C=O) groups excluding carboxylic acids is 1. The topological polar surface area (TPSA) is 71.2 Å². The molecule has 0 aliphatic carbocycles. The molecule has 0 spiro atoms. The normalized spacial score (nSPS) is 23.8. The van der Waals surface area contributed by atoms with Gasteiger partial charge in [-0.05, 0) is 30.4 Å². The summed E-state index contributed by atoms with van der Waals surface area (Å²) >= 11 is 0. The first kappa shape index (κ1) is 12.8. The maximum absolute atomic E-state index is 12.3. The van der Waals surface area contributed by atoms with Crippen LogP contribution in [-0.2, 0) is 0 Å². The van der Waals surface area contributed by atoms with Crippen molar-refractivity contribution in [3.05, 3.63) is 23.9 Å². The number of piperidine rings is 1. The van der Waals surface area contributed by atoms with Gasteiger partial charge in [-0.15, -0.1) is 0 Å². The van der Waals surface area contributed by atoms with Crippen molar-refractivity contribution < 1.29 is 4.79 Å². The molecular weight excluding hydrogens is 228 g/mol. The van der Waals surface area contributed by atoms with Crippen LogP contribution in [0.25, 0.3) is 0 Å². The molecule has 1 aliphatic heterocycles. The van der Waals surface area contributed by atoms with Crippen LogP contribution in [-0.4, -0.2) is 28.9 Å². The number of nitrogens with zero attached hydrogens (tertiary/aromatic N) is 2. The molecule has 0 saturated carbocycles. The first-order chi connectivity index (χ1) is 8.60. The Labute approximate surface area is 107 Å². The molecule has 0 radical (unpaired) electrons. The molecule has 98 valence electrons. The Morgan fingerprint density at radius 2 is 2.06 bits per heavy atom. The summed E-state index contributed by atoms with van der Waals surface area (Å²) in [5, 5.41) is 0. The third-order valence-electron chi connectivity index (χ3n) is 3.31. The third-order valence-corrected chi connectivity index (χ3v) is 3.31. The lowest BCUT2D eigenvalue weighted by Crippen LogP contribution is -2.42. The minimum Gasteiger partial charge on any atom is -0.338 e. The summed E-state index contributed by atoms with van der Waals surface area (Å²) in [5.74, 6) is 7.00. The Bertz CT molecular complexity index is 408. The Morgan fingerprint density at radius 3 is 2.56 bits per heavy atom. The monoisotopic (exact) mass is 248 g/mol. The largest absolute Gasteiger partial charge is 0.338 e. The van der Waals surface area contributed by atoms with Crippen molar-refractivity contribution >= 4 is 11.7 Å². The van der Waals surface area contributed by atoms with Crippen molar-refractivity contribution in [2.45, 2.75) is 20.3 Å². The van der Waals surface area contributed by atoms with Crippen molar-refractivity contribution in [1.29, 1.82) is 0 Å². The van der Waals surface area contributed by atoms with Gasteiger partial charge in [0.15, 0.2) is 0 Å². The number of nitrogen functional groups attached to an aromatic ring is 1. The molecule has 5 nitrogen and oxygen atoms in total. The van der Waals surface area contributed by atoms with Crippen LogP contribution in [0.2, 0.25) is 0 Å². The number of hydrogen-bond donors (Lipinski definition) is 2. The first-order valence-corrected chi connectivity index (χ1v) is 6.32. The van der Waals surface area contributed by atoms with Crippen LogP contribution in [0.4, 0.5) is 5.82 Å². The molecule has 1 aromatic rings. The highest BCUT2D eigenvalue weighted by molar-refractivity contribution is 5.94. The number of carbonyl (C=O) groups is 1. The van der Waals surface area contributed by atoms with Gasteiger partial charge in [0.05, 0.1) is 5.56 Å². The number of amides is 1. The third kappa shape index (κ3) is 2.79. The van der Waals surface area contributed by atoms with Crippen LogP contribution in [0.1, 0.15) is 30.6 Å². The molecule has 1 aliphatic rings. The fourth-order valence-corrected chi connectivity index (χ4v) is 2.62. The summed E-state index contributed by atoms with van der Waals surface area (Å²) < 4.78 is 0. The lowest BCUT2D eigenvalue weighted by Gasteiger charge is -2.35. The lowest BCUT2D eigenvalue weighted by molar-refractivity contribution is 0.0623. The zero-order chi connectivity index (χ0) is 13.1. The number of rotatable bonds is 2. The van der Waals surface area contributed by atoms with Crippen LogP contribution in [0, 0.1) is 11.8 Å². The minimum atomic E-state index is 0.0597. The Hall–Kier alpha value is -1.62. The maximum atomic E-state index is 12.3. The SMILES string of the molecule is CC1CC(C)CN(C(=O)c2ccc(NN)nc2)C1. The van der Waals surface area contributed by atoms with Crippen molar-refractivity contribution in [2.75, 3.05) is 18.5 Å². The number of hydrogen-bond acceptors (Lipinski definition) is 4. The molecule has 1 saturated heterocycles. The summed E-state index contributed by atoms with van der Waals surface area (Å²) in [6, 6.07) is 3.47. The number of hydrazine groups is 1. The zero-order valence-corrected chi connectivity index (χ0v) is 10.9. The van der Waals surface area contributed by atoms with Crippen LogP contribution in [0.5, 0.6) is 0 Å². The maximum Gasteiger partial charge on any atom is 0.255 e. The summed E-state index contributed by atoms with van der Waals surface area (Å²) in [6.45, 7) is 6.05. The van der Waals surface area contributed by atoms with E-state index in [0.717, 1.165) is 13.1 Å². The molecule has 5 heteroatoms. The van der Waals surface area contributed by atoms with Crippen LogP contribution in [0.3, 0.4) is 0 Å². The Kier molecular flexibility index (Phi) is 3.81. The summed E-state index contributed by atoms with van der Waals surface area (Å²) in [7, 11) is 0. The minimum absolute atomic E-state index is 0.0597. The van der Waals surface area contributed by atoms with E-state index in [4.69, 9.17) is 5.84 Å². The second kappa shape index (κ2) is 5.35. The van der Waals surface area contributed by atoms with Gasteiger partial charge in [0.25, 0.3) is 5.91 Å². The average Bonchev–Trinajstić information content (AvgIpc) is 2.37. The van der Waals surface area contributed by atoms with E-state index in [-0.39, 0.29) is 5.91 Å². The molecule has 1 amide bonds. The number of anilines is 1. The van der Waals surface area contributed by atoms with E-state index < -0.39 is 0 Å². The Morgan fingerprint density at radius 1 is 1.39 bits per heavy atom. The van der Waals surface area contributed by atoms with E-state index in [1.54, 1.807) is 18.3 Å². The molecule has 0 bridgehead atoms. The van der Waals surface area contributed by atoms with Crippen molar-refractivity contribution in [3.8, 4) is 0 Å². The molecule has 2 rings (SSSR count). The smallest absolute Gasteiger partial charge is 0.255 e. The summed E-state index contributed by atoms with van der Waals surface area (Å²) in [4.78, 5) is 18.3. The van der Waals surface area contributed by atoms with Crippen molar-refractivity contribution in [3.63, 3.8) is 0 Å². The predicted octanol–water partition coefficient (Wildman–Crippen LogP) is 1.49. The molecule has 2 heterocycles. The van der Waals surface area contributed by atoms with E-state index >= 15 is 0 Å². The van der Waals surface area contributed by atoms with E-state index in [9.17, 15) is 4.79 Å². The Balaban J connectivity index is 2.09. The molecule has 18 heavy (non-hydrogen) atoms. The van der Waals surface area contributed by atoms with Gasteiger partial charge in [-0.2, -0.15) is 0 Å². The average molecular weight is 248 g/mol. The highest BCUT2D eigenvalue weighted by atomic mass is 16.2. The number of nitrogens with two attached hydrogens (primary N) is 1. The molecule has 0 aromatic carbocycles. The van der Waals surface area contributed by atoms with E-state index in [2.05, 4.69) is 24.3 Å². The summed E-state index contributed by atoms with van der Waals surface area (Å²) in [6.07, 6.45) is 2.76. The fourth-order valence-electron chi connectivity index (χ4n) is 2.62. The number of aromatic nitrogens is 1. The molecular formula is C13H20N4O.